The van der Waals surface area contributed by atoms with Crippen molar-refractivity contribution in [2.45, 2.75) is 39.2 Å². The van der Waals surface area contributed by atoms with E-state index in [1.807, 2.05) is 20.8 Å². The quantitative estimate of drug-likeness (QED) is 0.470. The maximum Gasteiger partial charge on any atom is 0.241 e. The van der Waals surface area contributed by atoms with Gasteiger partial charge in [-0.25, -0.2) is 15.8 Å². The maximum absolute atomic E-state index is 11.5. The molecule has 0 aromatic carbocycles. The summed E-state index contributed by atoms with van der Waals surface area (Å²) in [6, 6.07) is 1.27. The highest BCUT2D eigenvalue weighted by Gasteiger charge is 2.20. The normalized spacial score (nSPS) is 12.7. The van der Waals surface area contributed by atoms with Crippen LogP contribution in [0.4, 0.5) is 11.6 Å². The second-order valence-electron chi connectivity index (χ2n) is 5.34. The van der Waals surface area contributed by atoms with E-state index in [0.717, 1.165) is 0 Å². The highest BCUT2D eigenvalue weighted by Crippen LogP contribution is 2.22. The third kappa shape index (κ3) is 4.06. The first kappa shape index (κ1) is 15.2. The second kappa shape index (κ2) is 5.83. The molecule has 0 spiro atoms. The van der Waals surface area contributed by atoms with Gasteiger partial charge in [0.25, 0.3) is 0 Å². The van der Waals surface area contributed by atoms with Gasteiger partial charge < -0.3 is 16.1 Å². The molecule has 1 heterocycles. The zero-order chi connectivity index (χ0) is 14.6. The summed E-state index contributed by atoms with van der Waals surface area (Å²) in [5, 5.41) is 5.59. The fourth-order valence-corrected chi connectivity index (χ4v) is 1.43. The smallest absolute Gasteiger partial charge is 0.241 e. The summed E-state index contributed by atoms with van der Waals surface area (Å²) >= 11 is 0. The summed E-state index contributed by atoms with van der Waals surface area (Å²) in [5.74, 6) is 7.00. The van der Waals surface area contributed by atoms with Crippen LogP contribution in [0.3, 0.4) is 0 Å². The van der Waals surface area contributed by atoms with Crippen LogP contribution in [0.2, 0.25) is 0 Å². The SMILES string of the molecule is CNC(=O)C(C)Nc1cc(NN)nc(C(C)(C)C)n1. The van der Waals surface area contributed by atoms with Gasteiger partial charge in [0.05, 0.1) is 0 Å². The molecule has 0 saturated heterocycles. The number of rotatable bonds is 4. The summed E-state index contributed by atoms with van der Waals surface area (Å²) < 4.78 is 0. The van der Waals surface area contributed by atoms with Gasteiger partial charge in [0.15, 0.2) is 0 Å². The molecule has 0 radical (unpaired) electrons. The Hall–Kier alpha value is -1.89. The van der Waals surface area contributed by atoms with E-state index in [1.165, 1.54) is 0 Å². The van der Waals surface area contributed by atoms with Crippen molar-refractivity contribution in [1.82, 2.24) is 15.3 Å². The molecule has 1 unspecified atom stereocenters. The van der Waals surface area contributed by atoms with Gasteiger partial charge in [-0.2, -0.15) is 0 Å². The van der Waals surface area contributed by atoms with E-state index < -0.39 is 6.04 Å². The third-order valence-corrected chi connectivity index (χ3v) is 2.55. The lowest BCUT2D eigenvalue weighted by Gasteiger charge is -2.20. The number of nitrogen functional groups attached to an aromatic ring is 1. The highest BCUT2D eigenvalue weighted by atomic mass is 16.2. The Bertz CT molecular complexity index is 454. The fourth-order valence-electron chi connectivity index (χ4n) is 1.43. The molecule has 5 N–H and O–H groups in total. The third-order valence-electron chi connectivity index (χ3n) is 2.55. The highest BCUT2D eigenvalue weighted by molar-refractivity contribution is 5.83. The molecule has 0 aliphatic carbocycles. The number of hydrazine groups is 1. The molecule has 1 amide bonds. The van der Waals surface area contributed by atoms with Crippen LogP contribution in [-0.4, -0.2) is 29.0 Å². The van der Waals surface area contributed by atoms with Crippen molar-refractivity contribution in [3.63, 3.8) is 0 Å². The Labute approximate surface area is 113 Å². The number of carbonyl (C=O) groups excluding carboxylic acids is 1. The lowest BCUT2D eigenvalue weighted by atomic mass is 9.96. The molecule has 0 saturated carbocycles. The number of hydrogen-bond acceptors (Lipinski definition) is 6. The minimum absolute atomic E-state index is 0.113. The molecular weight excluding hydrogens is 244 g/mol. The molecule has 106 valence electrons. The van der Waals surface area contributed by atoms with E-state index in [9.17, 15) is 4.79 Å². The van der Waals surface area contributed by atoms with Crippen molar-refractivity contribution in [2.24, 2.45) is 5.84 Å². The molecule has 7 nitrogen and oxygen atoms in total. The summed E-state index contributed by atoms with van der Waals surface area (Å²) in [7, 11) is 1.59. The molecular formula is C12H22N6O. The van der Waals surface area contributed by atoms with Crippen LogP contribution in [0.1, 0.15) is 33.5 Å². The van der Waals surface area contributed by atoms with Crippen LogP contribution < -0.4 is 21.9 Å². The molecule has 1 rings (SSSR count). The number of nitrogens with zero attached hydrogens (tertiary/aromatic N) is 2. The second-order valence-corrected chi connectivity index (χ2v) is 5.34. The molecule has 1 aromatic heterocycles. The van der Waals surface area contributed by atoms with Gasteiger partial charge in [-0.1, -0.05) is 20.8 Å². The molecule has 19 heavy (non-hydrogen) atoms. The standard InChI is InChI=1S/C12H22N6O/c1-7(10(19)14-5)15-8-6-9(18-13)17-11(16-8)12(2,3)4/h6-7H,13H2,1-5H3,(H,14,19)(H2,15,16,17,18). The molecule has 1 atom stereocenters. The zero-order valence-corrected chi connectivity index (χ0v) is 12.0. The van der Waals surface area contributed by atoms with E-state index in [-0.39, 0.29) is 11.3 Å². The van der Waals surface area contributed by atoms with Crippen LogP contribution >= 0.6 is 0 Å². The summed E-state index contributed by atoms with van der Waals surface area (Å²) in [6.45, 7) is 7.78. The van der Waals surface area contributed by atoms with Crippen LogP contribution in [0.15, 0.2) is 6.07 Å². The molecule has 0 aliphatic heterocycles. The molecule has 0 bridgehead atoms. The predicted molar refractivity (Wildman–Crippen MR) is 75.7 cm³/mol. The van der Waals surface area contributed by atoms with Gasteiger partial charge in [0.1, 0.15) is 23.5 Å². The molecule has 1 aromatic rings. The van der Waals surface area contributed by atoms with Gasteiger partial charge in [-0.3, -0.25) is 4.79 Å². The fraction of sp³-hybridized carbons (Fsp3) is 0.583. The zero-order valence-electron chi connectivity index (χ0n) is 12.0. The number of aromatic nitrogens is 2. The lowest BCUT2D eigenvalue weighted by Crippen LogP contribution is -2.35. The number of likely N-dealkylation sites (N-methyl/N-ethyl adjacent to an activating group) is 1. The van der Waals surface area contributed by atoms with Crippen LogP contribution in [0, 0.1) is 0 Å². The van der Waals surface area contributed by atoms with Gasteiger partial charge in [-0.05, 0) is 6.92 Å². The van der Waals surface area contributed by atoms with Crippen molar-refractivity contribution in [2.75, 3.05) is 17.8 Å². The Morgan fingerprint density at radius 1 is 1.32 bits per heavy atom. The van der Waals surface area contributed by atoms with Crippen molar-refractivity contribution in [1.29, 1.82) is 0 Å². The van der Waals surface area contributed by atoms with Crippen LogP contribution in [-0.2, 0) is 10.2 Å². The maximum atomic E-state index is 11.5. The predicted octanol–water partition coefficient (Wildman–Crippen LogP) is 0.606. The first-order valence-electron chi connectivity index (χ1n) is 6.12. The van der Waals surface area contributed by atoms with E-state index in [0.29, 0.717) is 17.5 Å². The van der Waals surface area contributed by atoms with Crippen molar-refractivity contribution in [3.8, 4) is 0 Å². The van der Waals surface area contributed by atoms with Gasteiger partial charge in [-0.15, -0.1) is 0 Å². The van der Waals surface area contributed by atoms with Gasteiger partial charge >= 0.3 is 0 Å². The monoisotopic (exact) mass is 266 g/mol. The molecule has 7 heteroatoms. The largest absolute Gasteiger partial charge is 0.358 e. The minimum atomic E-state index is -0.390. The number of hydrogen-bond donors (Lipinski definition) is 4. The topological polar surface area (TPSA) is 105 Å². The number of nitrogens with two attached hydrogens (primary N) is 1. The number of anilines is 2. The molecule has 0 fully saturated rings. The Morgan fingerprint density at radius 3 is 2.37 bits per heavy atom. The number of nitrogens with one attached hydrogen (secondary N) is 3. The van der Waals surface area contributed by atoms with Crippen LogP contribution in [0.5, 0.6) is 0 Å². The van der Waals surface area contributed by atoms with Crippen LogP contribution in [0.25, 0.3) is 0 Å². The van der Waals surface area contributed by atoms with Crippen molar-refractivity contribution < 1.29 is 4.79 Å². The van der Waals surface area contributed by atoms with Gasteiger partial charge in [0, 0.05) is 18.5 Å². The average molecular weight is 266 g/mol. The lowest BCUT2D eigenvalue weighted by molar-refractivity contribution is -0.121. The van der Waals surface area contributed by atoms with E-state index in [2.05, 4.69) is 26.0 Å². The Morgan fingerprint density at radius 2 is 1.89 bits per heavy atom. The number of carbonyl (C=O) groups is 1. The number of amides is 1. The van der Waals surface area contributed by atoms with Crippen molar-refractivity contribution in [3.05, 3.63) is 11.9 Å². The Balaban J connectivity index is 3.04. The first-order valence-corrected chi connectivity index (χ1v) is 6.12. The van der Waals surface area contributed by atoms with E-state index in [1.54, 1.807) is 20.0 Å². The Kier molecular flexibility index (Phi) is 4.66. The van der Waals surface area contributed by atoms with E-state index >= 15 is 0 Å². The summed E-state index contributed by atoms with van der Waals surface area (Å²) in [5.41, 5.74) is 2.30. The van der Waals surface area contributed by atoms with Gasteiger partial charge in [0.2, 0.25) is 5.91 Å². The van der Waals surface area contributed by atoms with E-state index in [4.69, 9.17) is 5.84 Å². The first-order chi connectivity index (χ1) is 8.77. The minimum Gasteiger partial charge on any atom is -0.358 e. The molecule has 0 aliphatic rings. The average Bonchev–Trinajstić information content (AvgIpc) is 2.36. The summed E-state index contributed by atoms with van der Waals surface area (Å²) in [6.07, 6.45) is 0. The summed E-state index contributed by atoms with van der Waals surface area (Å²) in [4.78, 5) is 20.2. The van der Waals surface area contributed by atoms with Crippen molar-refractivity contribution >= 4 is 17.5 Å².